The van der Waals surface area contributed by atoms with E-state index in [1.807, 2.05) is 0 Å². The van der Waals surface area contributed by atoms with Crippen molar-refractivity contribution in [3.8, 4) is 0 Å². The Morgan fingerprint density at radius 3 is 2.38 bits per heavy atom. The SMILES string of the molecule is NCc1ccc(N2CC3(CC(O)C3)C2)cc1. The van der Waals surface area contributed by atoms with Crippen molar-refractivity contribution in [3.63, 3.8) is 0 Å². The van der Waals surface area contributed by atoms with E-state index in [4.69, 9.17) is 5.73 Å². The van der Waals surface area contributed by atoms with E-state index >= 15 is 0 Å². The average molecular weight is 218 g/mol. The maximum Gasteiger partial charge on any atom is 0.0553 e. The van der Waals surface area contributed by atoms with Crippen LogP contribution >= 0.6 is 0 Å². The van der Waals surface area contributed by atoms with Gasteiger partial charge in [0, 0.05) is 30.7 Å². The maximum absolute atomic E-state index is 9.34. The van der Waals surface area contributed by atoms with E-state index in [9.17, 15) is 5.11 Å². The van der Waals surface area contributed by atoms with Gasteiger partial charge in [0.05, 0.1) is 6.10 Å². The Morgan fingerprint density at radius 2 is 1.88 bits per heavy atom. The van der Waals surface area contributed by atoms with Gasteiger partial charge in [-0.1, -0.05) is 12.1 Å². The molecule has 0 bridgehead atoms. The van der Waals surface area contributed by atoms with Crippen molar-refractivity contribution >= 4 is 5.69 Å². The molecule has 1 aromatic rings. The molecule has 2 fully saturated rings. The van der Waals surface area contributed by atoms with E-state index in [1.165, 1.54) is 11.3 Å². The van der Waals surface area contributed by atoms with Crippen LogP contribution in [0, 0.1) is 5.41 Å². The Labute approximate surface area is 95.9 Å². The molecule has 3 rings (SSSR count). The number of benzene rings is 1. The molecule has 16 heavy (non-hydrogen) atoms. The molecule has 1 aromatic carbocycles. The van der Waals surface area contributed by atoms with Gasteiger partial charge in [-0.15, -0.1) is 0 Å². The lowest BCUT2D eigenvalue weighted by Crippen LogP contribution is -2.63. The highest BCUT2D eigenvalue weighted by Crippen LogP contribution is 2.49. The summed E-state index contributed by atoms with van der Waals surface area (Å²) in [5.41, 5.74) is 8.47. The molecule has 1 saturated carbocycles. The van der Waals surface area contributed by atoms with Gasteiger partial charge in [0.2, 0.25) is 0 Å². The molecular weight excluding hydrogens is 200 g/mol. The molecule has 0 atom stereocenters. The fourth-order valence-corrected chi connectivity index (χ4v) is 2.99. The summed E-state index contributed by atoms with van der Waals surface area (Å²) in [6.07, 6.45) is 1.94. The third kappa shape index (κ3) is 1.51. The zero-order valence-electron chi connectivity index (χ0n) is 9.39. The monoisotopic (exact) mass is 218 g/mol. The summed E-state index contributed by atoms with van der Waals surface area (Å²) in [4.78, 5) is 2.38. The molecule has 0 amide bonds. The van der Waals surface area contributed by atoms with Crippen molar-refractivity contribution in [2.24, 2.45) is 11.1 Å². The van der Waals surface area contributed by atoms with Crippen LogP contribution in [-0.4, -0.2) is 24.3 Å². The predicted molar refractivity (Wildman–Crippen MR) is 64.2 cm³/mol. The number of nitrogens with two attached hydrogens (primary N) is 1. The normalized spacial score (nSPS) is 23.0. The van der Waals surface area contributed by atoms with Crippen LogP contribution in [0.15, 0.2) is 24.3 Å². The van der Waals surface area contributed by atoms with Crippen molar-refractivity contribution in [1.82, 2.24) is 0 Å². The van der Waals surface area contributed by atoms with E-state index in [0.29, 0.717) is 12.0 Å². The van der Waals surface area contributed by atoms with Gasteiger partial charge in [-0.25, -0.2) is 0 Å². The minimum absolute atomic E-state index is 0.0400. The highest BCUT2D eigenvalue weighted by Gasteiger charge is 2.51. The van der Waals surface area contributed by atoms with Crippen LogP contribution in [0.3, 0.4) is 0 Å². The summed E-state index contributed by atoms with van der Waals surface area (Å²) in [6, 6.07) is 8.47. The first-order chi connectivity index (χ1) is 7.71. The molecular formula is C13H18N2O. The summed E-state index contributed by atoms with van der Waals surface area (Å²) < 4.78 is 0. The second-order valence-electron chi connectivity index (χ2n) is 5.29. The minimum atomic E-state index is -0.0400. The quantitative estimate of drug-likeness (QED) is 0.781. The minimum Gasteiger partial charge on any atom is -0.393 e. The fraction of sp³-hybridized carbons (Fsp3) is 0.538. The zero-order valence-corrected chi connectivity index (χ0v) is 9.39. The molecule has 2 aliphatic rings. The average Bonchev–Trinajstić information content (AvgIpc) is 2.22. The van der Waals surface area contributed by atoms with Crippen LogP contribution in [-0.2, 0) is 6.54 Å². The van der Waals surface area contributed by atoms with Gasteiger partial charge in [-0.3, -0.25) is 0 Å². The molecule has 86 valence electrons. The smallest absolute Gasteiger partial charge is 0.0553 e. The number of nitrogens with zero attached hydrogens (tertiary/aromatic N) is 1. The van der Waals surface area contributed by atoms with E-state index < -0.39 is 0 Å². The van der Waals surface area contributed by atoms with Crippen LogP contribution in [0.2, 0.25) is 0 Å². The Morgan fingerprint density at radius 1 is 1.25 bits per heavy atom. The molecule has 1 heterocycles. The van der Waals surface area contributed by atoms with E-state index in [-0.39, 0.29) is 6.10 Å². The van der Waals surface area contributed by atoms with Crippen molar-refractivity contribution in [2.45, 2.75) is 25.5 Å². The highest BCUT2D eigenvalue weighted by atomic mass is 16.3. The van der Waals surface area contributed by atoms with Gasteiger partial charge in [0.25, 0.3) is 0 Å². The molecule has 1 spiro atoms. The van der Waals surface area contributed by atoms with Gasteiger partial charge in [-0.05, 0) is 30.5 Å². The number of anilines is 1. The second-order valence-corrected chi connectivity index (χ2v) is 5.29. The molecule has 3 nitrogen and oxygen atoms in total. The number of aliphatic hydroxyl groups excluding tert-OH is 1. The van der Waals surface area contributed by atoms with Crippen molar-refractivity contribution < 1.29 is 5.11 Å². The molecule has 1 saturated heterocycles. The second kappa shape index (κ2) is 3.47. The molecule has 3 heteroatoms. The van der Waals surface area contributed by atoms with Crippen LogP contribution in [0.25, 0.3) is 0 Å². The van der Waals surface area contributed by atoms with E-state index in [0.717, 1.165) is 25.9 Å². The number of aliphatic hydroxyl groups is 1. The fourth-order valence-electron chi connectivity index (χ4n) is 2.99. The first kappa shape index (κ1) is 10.1. The standard InChI is InChI=1S/C13H18N2O/c14-7-10-1-3-11(4-2-10)15-8-13(9-15)5-12(16)6-13/h1-4,12,16H,5-9,14H2. The number of rotatable bonds is 2. The third-order valence-electron chi connectivity index (χ3n) is 3.93. The van der Waals surface area contributed by atoms with Crippen LogP contribution in [0.1, 0.15) is 18.4 Å². The summed E-state index contributed by atoms with van der Waals surface area (Å²) >= 11 is 0. The molecule has 0 aromatic heterocycles. The lowest BCUT2D eigenvalue weighted by molar-refractivity contribution is -0.0491. The topological polar surface area (TPSA) is 49.5 Å². The van der Waals surface area contributed by atoms with E-state index in [1.54, 1.807) is 0 Å². The van der Waals surface area contributed by atoms with Crippen molar-refractivity contribution in [2.75, 3.05) is 18.0 Å². The zero-order chi connectivity index (χ0) is 11.2. The first-order valence-corrected chi connectivity index (χ1v) is 5.93. The molecule has 3 N–H and O–H groups in total. The highest BCUT2D eigenvalue weighted by molar-refractivity contribution is 5.51. The summed E-state index contributed by atoms with van der Waals surface area (Å²) in [5, 5.41) is 9.34. The van der Waals surface area contributed by atoms with Gasteiger partial charge < -0.3 is 15.7 Å². The maximum atomic E-state index is 9.34. The predicted octanol–water partition coefficient (Wildman–Crippen LogP) is 1.11. The number of hydrogen-bond donors (Lipinski definition) is 2. The molecule has 1 aliphatic heterocycles. The Bertz CT molecular complexity index is 373. The Kier molecular flexibility index (Phi) is 2.19. The van der Waals surface area contributed by atoms with Crippen molar-refractivity contribution in [3.05, 3.63) is 29.8 Å². The van der Waals surface area contributed by atoms with Gasteiger partial charge >= 0.3 is 0 Å². The van der Waals surface area contributed by atoms with Crippen molar-refractivity contribution in [1.29, 1.82) is 0 Å². The van der Waals surface area contributed by atoms with Gasteiger partial charge in [-0.2, -0.15) is 0 Å². The number of hydrogen-bond acceptors (Lipinski definition) is 3. The molecule has 0 unspecified atom stereocenters. The summed E-state index contributed by atoms with van der Waals surface area (Å²) in [6.45, 7) is 2.81. The molecule has 0 radical (unpaired) electrons. The largest absolute Gasteiger partial charge is 0.393 e. The summed E-state index contributed by atoms with van der Waals surface area (Å²) in [7, 11) is 0. The van der Waals surface area contributed by atoms with Crippen LogP contribution in [0.5, 0.6) is 0 Å². The lowest BCUT2D eigenvalue weighted by atomic mass is 9.62. The lowest BCUT2D eigenvalue weighted by Gasteiger charge is -2.58. The van der Waals surface area contributed by atoms with Crippen LogP contribution in [0.4, 0.5) is 5.69 Å². The van der Waals surface area contributed by atoms with Gasteiger partial charge in [0.1, 0.15) is 0 Å². The van der Waals surface area contributed by atoms with Gasteiger partial charge in [0.15, 0.2) is 0 Å². The summed E-state index contributed by atoms with van der Waals surface area (Å²) in [5.74, 6) is 0. The first-order valence-electron chi connectivity index (χ1n) is 5.93. The Balaban J connectivity index is 1.63. The van der Waals surface area contributed by atoms with E-state index in [2.05, 4.69) is 29.2 Å². The third-order valence-corrected chi connectivity index (χ3v) is 3.93. The van der Waals surface area contributed by atoms with Crippen LogP contribution < -0.4 is 10.6 Å². The molecule has 1 aliphatic carbocycles. The Hall–Kier alpha value is -1.06.